The second-order valence-corrected chi connectivity index (χ2v) is 4.84. The summed E-state index contributed by atoms with van der Waals surface area (Å²) < 4.78 is 38.2. The molecule has 1 fully saturated rings. The van der Waals surface area contributed by atoms with Gasteiger partial charge in [0.1, 0.15) is 6.67 Å². The minimum Gasteiger partial charge on any atom is -0.478 e. The minimum absolute atomic E-state index is 0.122. The van der Waals surface area contributed by atoms with E-state index in [1.165, 1.54) is 23.3 Å². The van der Waals surface area contributed by atoms with Gasteiger partial charge in [-0.2, -0.15) is 13.2 Å². The van der Waals surface area contributed by atoms with Crippen molar-refractivity contribution in [2.24, 2.45) is 4.99 Å². The van der Waals surface area contributed by atoms with E-state index < -0.39 is 17.7 Å². The number of aliphatic imine (C=N–C) groups is 1. The van der Waals surface area contributed by atoms with E-state index in [4.69, 9.17) is 5.11 Å². The molecule has 0 radical (unpaired) electrons. The molecule has 2 aliphatic heterocycles. The molecule has 0 bridgehead atoms. The van der Waals surface area contributed by atoms with Crippen molar-refractivity contribution in [3.63, 3.8) is 0 Å². The molecule has 0 aliphatic carbocycles. The third-order valence-corrected chi connectivity index (χ3v) is 3.31. The number of alkyl halides is 3. The Kier molecular flexibility index (Phi) is 3.19. The maximum Gasteiger partial charge on any atom is 0.416 e. The summed E-state index contributed by atoms with van der Waals surface area (Å²) in [4.78, 5) is 16.5. The highest BCUT2D eigenvalue weighted by atomic mass is 19.4. The van der Waals surface area contributed by atoms with Crippen LogP contribution >= 0.6 is 0 Å². The smallest absolute Gasteiger partial charge is 0.416 e. The highest BCUT2D eigenvalue weighted by molar-refractivity contribution is 5.92. The van der Waals surface area contributed by atoms with Gasteiger partial charge >= 0.3 is 12.1 Å². The Bertz CT molecular complexity index is 684. The molecular weight excluding hydrogens is 301 g/mol. The first-order valence-electron chi connectivity index (χ1n) is 6.31. The van der Waals surface area contributed by atoms with Gasteiger partial charge in [-0.25, -0.2) is 9.79 Å². The quantitative estimate of drug-likeness (QED) is 0.869. The van der Waals surface area contributed by atoms with E-state index in [1.807, 2.05) is 0 Å². The number of carbonyl (C=O) groups is 1. The van der Waals surface area contributed by atoms with Crippen LogP contribution in [0.15, 0.2) is 41.0 Å². The normalized spacial score (nSPS) is 17.6. The van der Waals surface area contributed by atoms with Crippen LogP contribution in [0.2, 0.25) is 0 Å². The summed E-state index contributed by atoms with van der Waals surface area (Å²) in [6.07, 6.45) is -3.19. The monoisotopic (exact) mass is 312 g/mol. The van der Waals surface area contributed by atoms with Crippen molar-refractivity contribution in [1.82, 2.24) is 10.3 Å². The highest BCUT2D eigenvalue weighted by Crippen LogP contribution is 2.32. The molecule has 0 unspecified atom stereocenters. The second-order valence-electron chi connectivity index (χ2n) is 4.84. The minimum atomic E-state index is -4.42. The number of carboxylic acids is 1. The van der Waals surface area contributed by atoms with Crippen molar-refractivity contribution >= 4 is 17.6 Å². The van der Waals surface area contributed by atoms with Crippen molar-refractivity contribution in [1.29, 1.82) is 0 Å². The molecule has 0 aromatic heterocycles. The number of halogens is 3. The second kappa shape index (κ2) is 4.93. The molecule has 2 aliphatic rings. The van der Waals surface area contributed by atoms with Gasteiger partial charge in [0.25, 0.3) is 0 Å². The van der Waals surface area contributed by atoms with Gasteiger partial charge in [0, 0.05) is 6.20 Å². The molecule has 3 rings (SSSR count). The summed E-state index contributed by atoms with van der Waals surface area (Å²) in [6, 6.07) is 4.87. The molecule has 0 amide bonds. The molecule has 1 aromatic carbocycles. The molecule has 1 aromatic rings. The summed E-state index contributed by atoms with van der Waals surface area (Å²) in [5, 5.41) is 10.4. The molecule has 1 saturated heterocycles. The van der Waals surface area contributed by atoms with Crippen LogP contribution in [0.5, 0.6) is 0 Å². The number of guanidine groups is 1. The molecule has 9 heteroatoms. The van der Waals surface area contributed by atoms with Crippen LogP contribution in [0.25, 0.3) is 0 Å². The van der Waals surface area contributed by atoms with E-state index in [-0.39, 0.29) is 18.8 Å². The van der Waals surface area contributed by atoms with Crippen LogP contribution in [-0.4, -0.2) is 35.1 Å². The Balaban J connectivity index is 1.80. The van der Waals surface area contributed by atoms with Crippen molar-refractivity contribution in [2.45, 2.75) is 6.18 Å². The van der Waals surface area contributed by atoms with Gasteiger partial charge in [0.05, 0.1) is 23.4 Å². The number of hydrazine groups is 1. The Labute approximate surface area is 123 Å². The van der Waals surface area contributed by atoms with E-state index >= 15 is 0 Å². The zero-order valence-electron chi connectivity index (χ0n) is 11.1. The molecule has 6 nitrogen and oxygen atoms in total. The van der Waals surface area contributed by atoms with Gasteiger partial charge in [-0.3, -0.25) is 10.4 Å². The Hall–Kier alpha value is -2.71. The number of aliphatic carboxylic acids is 1. The number of nitrogens with zero attached hydrogens (tertiary/aromatic N) is 3. The van der Waals surface area contributed by atoms with Gasteiger partial charge in [0.15, 0.2) is 0 Å². The number of hydrogen-bond donors (Lipinski definition) is 2. The van der Waals surface area contributed by atoms with E-state index in [2.05, 4.69) is 10.4 Å². The fraction of sp³-hybridized carbons (Fsp3) is 0.231. The summed E-state index contributed by atoms with van der Waals surface area (Å²) in [6.45, 7) is 0.335. The predicted octanol–water partition coefficient (Wildman–Crippen LogP) is 1.63. The lowest BCUT2D eigenvalue weighted by Crippen LogP contribution is -2.36. The van der Waals surface area contributed by atoms with Crippen LogP contribution in [0, 0.1) is 0 Å². The third kappa shape index (κ3) is 2.57. The number of hydrogen-bond acceptors (Lipinski definition) is 5. The SMILES string of the molecule is O=C(O)C1=CN=C2NN(c3cccc(C(F)(F)F)c3)CN2C1. The predicted molar refractivity (Wildman–Crippen MR) is 71.8 cm³/mol. The Morgan fingerprint density at radius 2 is 2.14 bits per heavy atom. The van der Waals surface area contributed by atoms with Crippen molar-refractivity contribution < 1.29 is 23.1 Å². The van der Waals surface area contributed by atoms with Crippen molar-refractivity contribution in [3.05, 3.63) is 41.6 Å². The highest BCUT2D eigenvalue weighted by Gasteiger charge is 2.33. The number of fused-ring (bicyclic) bond motifs is 1. The van der Waals surface area contributed by atoms with Crippen molar-refractivity contribution in [2.75, 3.05) is 18.2 Å². The van der Waals surface area contributed by atoms with E-state index in [1.54, 1.807) is 4.90 Å². The molecule has 22 heavy (non-hydrogen) atoms. The summed E-state index contributed by atoms with van der Waals surface area (Å²) >= 11 is 0. The molecule has 2 heterocycles. The first kappa shape index (κ1) is 14.2. The van der Waals surface area contributed by atoms with Gasteiger partial charge < -0.3 is 10.0 Å². The first-order valence-corrected chi connectivity index (χ1v) is 6.31. The van der Waals surface area contributed by atoms with Crippen LogP contribution in [0.1, 0.15) is 5.56 Å². The summed E-state index contributed by atoms with van der Waals surface area (Å²) in [5.41, 5.74) is 2.55. The van der Waals surface area contributed by atoms with Crippen molar-refractivity contribution in [3.8, 4) is 0 Å². The first-order chi connectivity index (χ1) is 10.3. The van der Waals surface area contributed by atoms with Crippen LogP contribution in [-0.2, 0) is 11.0 Å². The van der Waals surface area contributed by atoms with Gasteiger partial charge in [-0.15, -0.1) is 0 Å². The largest absolute Gasteiger partial charge is 0.478 e. The van der Waals surface area contributed by atoms with E-state index in [0.29, 0.717) is 11.6 Å². The van der Waals surface area contributed by atoms with Gasteiger partial charge in [0.2, 0.25) is 5.96 Å². The lowest BCUT2D eigenvalue weighted by Gasteiger charge is -2.20. The molecule has 0 spiro atoms. The average Bonchev–Trinajstić information content (AvgIpc) is 2.89. The zero-order valence-corrected chi connectivity index (χ0v) is 11.1. The molecular formula is C13H11F3N4O2. The maximum atomic E-state index is 12.7. The average molecular weight is 312 g/mol. The number of carboxylic acid groups (broad SMARTS) is 1. The molecule has 0 atom stereocenters. The van der Waals surface area contributed by atoms with Crippen LogP contribution < -0.4 is 10.4 Å². The fourth-order valence-corrected chi connectivity index (χ4v) is 2.20. The standard InChI is InChI=1S/C13H11F3N4O2/c14-13(15,16)9-2-1-3-10(4-9)20-7-19-6-8(11(21)22)5-17-12(19)18-20/h1-5H,6-7H2,(H,17,18)(H,21,22). The number of rotatable bonds is 2. The third-order valence-electron chi connectivity index (χ3n) is 3.31. The topological polar surface area (TPSA) is 68.2 Å². The van der Waals surface area contributed by atoms with E-state index in [0.717, 1.165) is 12.1 Å². The number of anilines is 1. The van der Waals surface area contributed by atoms with Crippen LogP contribution in [0.3, 0.4) is 0 Å². The Morgan fingerprint density at radius 1 is 1.36 bits per heavy atom. The maximum absolute atomic E-state index is 12.7. The molecule has 0 saturated carbocycles. The van der Waals surface area contributed by atoms with Gasteiger partial charge in [-0.1, -0.05) is 6.07 Å². The summed E-state index contributed by atoms with van der Waals surface area (Å²) in [5.74, 6) is -0.664. The zero-order chi connectivity index (χ0) is 15.9. The fourth-order valence-electron chi connectivity index (χ4n) is 2.20. The summed E-state index contributed by atoms with van der Waals surface area (Å²) in [7, 11) is 0. The number of nitrogens with one attached hydrogen (secondary N) is 1. The lowest BCUT2D eigenvalue weighted by molar-refractivity contribution is -0.137. The van der Waals surface area contributed by atoms with Gasteiger partial charge in [-0.05, 0) is 18.2 Å². The number of benzene rings is 1. The van der Waals surface area contributed by atoms with Crippen LogP contribution in [0.4, 0.5) is 18.9 Å². The van der Waals surface area contributed by atoms with E-state index in [9.17, 15) is 18.0 Å². The molecule has 116 valence electrons. The Morgan fingerprint density at radius 3 is 2.82 bits per heavy atom. The molecule has 2 N–H and O–H groups in total. The lowest BCUT2D eigenvalue weighted by atomic mass is 10.2.